The number of benzene rings is 1. The van der Waals surface area contributed by atoms with Gasteiger partial charge in [0.15, 0.2) is 0 Å². The van der Waals surface area contributed by atoms with Crippen LogP contribution in [0.4, 0.5) is 0 Å². The molecule has 0 bridgehead atoms. The third kappa shape index (κ3) is 6.94. The van der Waals surface area contributed by atoms with Crippen molar-refractivity contribution < 1.29 is 0 Å². The summed E-state index contributed by atoms with van der Waals surface area (Å²) in [5.41, 5.74) is 2.88. The Morgan fingerprint density at radius 3 is 2.13 bits per heavy atom. The lowest BCUT2D eigenvalue weighted by atomic mass is 9.78. The smallest absolute Gasteiger partial charge is 0.00975 e. The van der Waals surface area contributed by atoms with E-state index in [-0.39, 0.29) is 0 Å². The molecule has 0 nitrogen and oxygen atoms in total. The molecule has 0 radical (unpaired) electrons. The number of hydrogen-bond donors (Lipinski definition) is 0. The molecule has 0 aliphatic heterocycles. The standard InChI is InChI=1S/C23H36/c1-3-5-6-9-21-16-18-23(19-17-21)11-8-7-10-22-14-12-20(4-2)13-15-22/h7-8,12-15,21,23H,3-6,9-11,16-19H2,1-2H3. The number of allylic oxidation sites excluding steroid dienone is 2. The number of aryl methyl sites for hydroxylation is 1. The second-order valence-corrected chi connectivity index (χ2v) is 7.46. The van der Waals surface area contributed by atoms with Gasteiger partial charge in [-0.25, -0.2) is 0 Å². The van der Waals surface area contributed by atoms with E-state index in [0.717, 1.165) is 24.7 Å². The summed E-state index contributed by atoms with van der Waals surface area (Å²) >= 11 is 0. The average Bonchev–Trinajstić information content (AvgIpc) is 2.61. The number of rotatable bonds is 9. The van der Waals surface area contributed by atoms with E-state index < -0.39 is 0 Å². The molecule has 1 saturated carbocycles. The minimum Gasteiger partial charge on any atom is -0.0879 e. The van der Waals surface area contributed by atoms with Crippen LogP contribution in [-0.2, 0) is 12.8 Å². The molecule has 1 fully saturated rings. The lowest BCUT2D eigenvalue weighted by Gasteiger charge is -2.27. The molecular formula is C23H36. The molecule has 0 atom stereocenters. The Morgan fingerprint density at radius 1 is 0.826 bits per heavy atom. The van der Waals surface area contributed by atoms with Crippen molar-refractivity contribution in [1.82, 2.24) is 0 Å². The van der Waals surface area contributed by atoms with Crippen molar-refractivity contribution in [3.63, 3.8) is 0 Å². The molecule has 23 heavy (non-hydrogen) atoms. The largest absolute Gasteiger partial charge is 0.0879 e. The van der Waals surface area contributed by atoms with Crippen LogP contribution in [0, 0.1) is 11.8 Å². The van der Waals surface area contributed by atoms with Gasteiger partial charge in [0.2, 0.25) is 0 Å². The van der Waals surface area contributed by atoms with Crippen LogP contribution in [0.1, 0.15) is 82.8 Å². The summed E-state index contributed by atoms with van der Waals surface area (Å²) in [6, 6.07) is 9.10. The van der Waals surface area contributed by atoms with Crippen LogP contribution in [0.3, 0.4) is 0 Å². The monoisotopic (exact) mass is 312 g/mol. The fourth-order valence-corrected chi connectivity index (χ4v) is 3.86. The first-order valence-corrected chi connectivity index (χ1v) is 10.0. The van der Waals surface area contributed by atoms with Gasteiger partial charge in [-0.05, 0) is 55.1 Å². The fraction of sp³-hybridized carbons (Fsp3) is 0.652. The Kier molecular flexibility index (Phi) is 8.50. The Hall–Kier alpha value is -1.04. The van der Waals surface area contributed by atoms with Gasteiger partial charge in [0.1, 0.15) is 0 Å². The van der Waals surface area contributed by atoms with Crippen LogP contribution >= 0.6 is 0 Å². The summed E-state index contributed by atoms with van der Waals surface area (Å²) in [5, 5.41) is 0. The maximum Gasteiger partial charge on any atom is -0.00975 e. The van der Waals surface area contributed by atoms with Gasteiger partial charge in [0.05, 0.1) is 0 Å². The summed E-state index contributed by atoms with van der Waals surface area (Å²) in [6.07, 6.45) is 20.0. The van der Waals surface area contributed by atoms with Gasteiger partial charge >= 0.3 is 0 Å². The highest BCUT2D eigenvalue weighted by Gasteiger charge is 2.19. The average molecular weight is 313 g/mol. The van der Waals surface area contributed by atoms with Crippen molar-refractivity contribution in [2.24, 2.45) is 11.8 Å². The maximum absolute atomic E-state index is 2.44. The predicted molar refractivity (Wildman–Crippen MR) is 103 cm³/mol. The Balaban J connectivity index is 1.61. The Bertz CT molecular complexity index is 432. The molecule has 0 spiro atoms. The summed E-state index contributed by atoms with van der Waals surface area (Å²) < 4.78 is 0. The predicted octanol–water partition coefficient (Wildman–Crippen LogP) is 7.12. The van der Waals surface area contributed by atoms with Crippen LogP contribution in [0.15, 0.2) is 36.4 Å². The van der Waals surface area contributed by atoms with Crippen molar-refractivity contribution in [1.29, 1.82) is 0 Å². The number of hydrogen-bond acceptors (Lipinski definition) is 0. The summed E-state index contributed by atoms with van der Waals surface area (Å²) in [6.45, 7) is 4.52. The molecule has 0 aromatic heterocycles. The van der Waals surface area contributed by atoms with Gasteiger partial charge in [-0.2, -0.15) is 0 Å². The summed E-state index contributed by atoms with van der Waals surface area (Å²) in [5.74, 6) is 2.00. The molecule has 0 unspecified atom stereocenters. The van der Waals surface area contributed by atoms with Crippen LogP contribution in [0.2, 0.25) is 0 Å². The minimum atomic E-state index is 0.955. The van der Waals surface area contributed by atoms with Crippen LogP contribution in [-0.4, -0.2) is 0 Å². The molecule has 2 rings (SSSR count). The van der Waals surface area contributed by atoms with E-state index in [1.165, 1.54) is 68.9 Å². The quantitative estimate of drug-likeness (QED) is 0.336. The molecule has 0 saturated heterocycles. The van der Waals surface area contributed by atoms with Gasteiger partial charge in [0, 0.05) is 0 Å². The van der Waals surface area contributed by atoms with E-state index in [1.54, 1.807) is 0 Å². The van der Waals surface area contributed by atoms with Gasteiger partial charge in [-0.15, -0.1) is 0 Å². The molecular weight excluding hydrogens is 276 g/mol. The highest BCUT2D eigenvalue weighted by molar-refractivity contribution is 5.24. The van der Waals surface area contributed by atoms with E-state index in [1.807, 2.05) is 0 Å². The molecule has 1 aromatic rings. The topological polar surface area (TPSA) is 0 Å². The normalized spacial score (nSPS) is 21.8. The van der Waals surface area contributed by atoms with Crippen molar-refractivity contribution in [2.75, 3.05) is 0 Å². The SMILES string of the molecule is CCCCCC1CCC(CC=CCc2ccc(CC)cc2)CC1. The van der Waals surface area contributed by atoms with E-state index in [4.69, 9.17) is 0 Å². The molecule has 1 aromatic carbocycles. The van der Waals surface area contributed by atoms with Gasteiger partial charge < -0.3 is 0 Å². The first kappa shape index (κ1) is 18.3. The molecule has 0 heteroatoms. The molecule has 0 amide bonds. The third-order valence-corrected chi connectivity index (χ3v) is 5.60. The van der Waals surface area contributed by atoms with Crippen molar-refractivity contribution in [2.45, 2.75) is 84.5 Å². The Morgan fingerprint density at radius 2 is 1.48 bits per heavy atom. The van der Waals surface area contributed by atoms with E-state index >= 15 is 0 Å². The lowest BCUT2D eigenvalue weighted by molar-refractivity contribution is 0.260. The second-order valence-electron chi connectivity index (χ2n) is 7.46. The lowest BCUT2D eigenvalue weighted by Crippen LogP contribution is -2.14. The third-order valence-electron chi connectivity index (χ3n) is 5.60. The van der Waals surface area contributed by atoms with E-state index in [2.05, 4.69) is 50.3 Å². The second kappa shape index (κ2) is 10.7. The van der Waals surface area contributed by atoms with Gasteiger partial charge in [0.25, 0.3) is 0 Å². The van der Waals surface area contributed by atoms with Crippen LogP contribution in [0.25, 0.3) is 0 Å². The fourth-order valence-electron chi connectivity index (χ4n) is 3.86. The van der Waals surface area contributed by atoms with Crippen molar-refractivity contribution >= 4 is 0 Å². The van der Waals surface area contributed by atoms with Crippen LogP contribution in [0.5, 0.6) is 0 Å². The van der Waals surface area contributed by atoms with Gasteiger partial charge in [-0.1, -0.05) is 88.8 Å². The summed E-state index contributed by atoms with van der Waals surface area (Å²) in [4.78, 5) is 0. The minimum absolute atomic E-state index is 0.955. The van der Waals surface area contributed by atoms with Crippen LogP contribution < -0.4 is 0 Å². The first-order valence-electron chi connectivity index (χ1n) is 10.0. The Labute approximate surface area is 144 Å². The molecule has 1 aliphatic rings. The highest BCUT2D eigenvalue weighted by atomic mass is 14.2. The zero-order chi connectivity index (χ0) is 16.3. The first-order chi connectivity index (χ1) is 11.3. The van der Waals surface area contributed by atoms with E-state index in [9.17, 15) is 0 Å². The zero-order valence-electron chi connectivity index (χ0n) is 15.4. The molecule has 128 valence electrons. The number of unbranched alkanes of at least 4 members (excludes halogenated alkanes) is 2. The molecule has 1 aliphatic carbocycles. The maximum atomic E-state index is 2.44. The highest BCUT2D eigenvalue weighted by Crippen LogP contribution is 2.33. The summed E-state index contributed by atoms with van der Waals surface area (Å²) in [7, 11) is 0. The zero-order valence-corrected chi connectivity index (χ0v) is 15.4. The van der Waals surface area contributed by atoms with Crippen molar-refractivity contribution in [3.05, 3.63) is 47.5 Å². The van der Waals surface area contributed by atoms with Gasteiger partial charge in [-0.3, -0.25) is 0 Å². The molecule has 0 heterocycles. The molecule has 0 N–H and O–H groups in total. The van der Waals surface area contributed by atoms with Crippen molar-refractivity contribution in [3.8, 4) is 0 Å². The van der Waals surface area contributed by atoms with E-state index in [0.29, 0.717) is 0 Å².